The highest BCUT2D eigenvalue weighted by Gasteiger charge is 2.52. The number of carbonyl (C=O) groups is 2. The Hall–Kier alpha value is -1.06. The molecule has 0 spiro atoms. The van der Waals surface area contributed by atoms with E-state index < -0.39 is 17.5 Å². The molecular weight excluding hydrogens is 172 g/mol. The van der Waals surface area contributed by atoms with Crippen LogP contribution in [-0.4, -0.2) is 22.6 Å². The second-order valence-electron chi connectivity index (χ2n) is 3.88. The molecule has 1 heterocycles. The number of hydrogen-bond acceptors (Lipinski definition) is 3. The van der Waals surface area contributed by atoms with Crippen LogP contribution in [0.4, 0.5) is 0 Å². The Bertz CT molecular complexity index is 224. The first-order chi connectivity index (χ1) is 5.96. The summed E-state index contributed by atoms with van der Waals surface area (Å²) in [4.78, 5) is 21.4. The van der Waals surface area contributed by atoms with Crippen molar-refractivity contribution in [1.82, 2.24) is 0 Å². The molecule has 1 fully saturated rings. The van der Waals surface area contributed by atoms with Crippen LogP contribution in [0.25, 0.3) is 0 Å². The maximum atomic E-state index is 10.8. The van der Waals surface area contributed by atoms with Crippen molar-refractivity contribution < 1.29 is 19.4 Å². The average molecular weight is 186 g/mol. The van der Waals surface area contributed by atoms with Crippen molar-refractivity contribution in [3.05, 3.63) is 0 Å². The molecule has 0 amide bonds. The minimum atomic E-state index is -1.21. The molecule has 4 heteroatoms. The van der Waals surface area contributed by atoms with Gasteiger partial charge < -0.3 is 9.84 Å². The normalized spacial score (nSPS) is 26.8. The standard InChI is InChI=1S/C9H14O4/c1-6(2)3-4-9(8(11)12)5-7(10)13-9/h6H,3-5H2,1-2H3,(H,11,12)/t9-/m0/s1. The van der Waals surface area contributed by atoms with Gasteiger partial charge >= 0.3 is 11.9 Å². The highest BCUT2D eigenvalue weighted by molar-refractivity contribution is 5.92. The highest BCUT2D eigenvalue weighted by Crippen LogP contribution is 2.33. The van der Waals surface area contributed by atoms with Gasteiger partial charge in [0.25, 0.3) is 0 Å². The van der Waals surface area contributed by atoms with E-state index in [0.717, 1.165) is 6.42 Å². The molecule has 1 rings (SSSR count). The molecule has 1 aliphatic rings. The lowest BCUT2D eigenvalue weighted by Gasteiger charge is -2.36. The van der Waals surface area contributed by atoms with Gasteiger partial charge in [-0.15, -0.1) is 0 Å². The molecule has 1 saturated heterocycles. The number of carboxylic acids is 1. The number of carboxylic acid groups (broad SMARTS) is 1. The zero-order chi connectivity index (χ0) is 10.1. The van der Waals surface area contributed by atoms with E-state index in [2.05, 4.69) is 0 Å². The van der Waals surface area contributed by atoms with Gasteiger partial charge in [-0.3, -0.25) is 4.79 Å². The zero-order valence-electron chi connectivity index (χ0n) is 7.87. The highest BCUT2D eigenvalue weighted by atomic mass is 16.6. The maximum absolute atomic E-state index is 10.8. The van der Waals surface area contributed by atoms with Crippen LogP contribution in [0.2, 0.25) is 0 Å². The number of ether oxygens (including phenoxy) is 1. The Morgan fingerprint density at radius 1 is 1.69 bits per heavy atom. The first kappa shape index (κ1) is 10.0. The first-order valence-corrected chi connectivity index (χ1v) is 4.41. The zero-order valence-corrected chi connectivity index (χ0v) is 7.87. The number of rotatable bonds is 4. The molecule has 0 unspecified atom stereocenters. The fourth-order valence-corrected chi connectivity index (χ4v) is 1.33. The van der Waals surface area contributed by atoms with Gasteiger partial charge in [-0.05, 0) is 18.8 Å². The lowest BCUT2D eigenvalue weighted by Crippen LogP contribution is -2.53. The molecule has 0 bridgehead atoms. The molecule has 0 aromatic carbocycles. The molecule has 4 nitrogen and oxygen atoms in total. The van der Waals surface area contributed by atoms with Crippen LogP contribution in [0.1, 0.15) is 33.1 Å². The Morgan fingerprint density at radius 3 is 2.54 bits per heavy atom. The van der Waals surface area contributed by atoms with Crippen LogP contribution in [0.3, 0.4) is 0 Å². The summed E-state index contributed by atoms with van der Waals surface area (Å²) in [5.74, 6) is -1.01. The Kier molecular flexibility index (Phi) is 2.59. The smallest absolute Gasteiger partial charge is 0.348 e. The summed E-state index contributed by atoms with van der Waals surface area (Å²) >= 11 is 0. The van der Waals surface area contributed by atoms with E-state index in [0.29, 0.717) is 12.3 Å². The van der Waals surface area contributed by atoms with Crippen molar-refractivity contribution in [3.8, 4) is 0 Å². The third-order valence-electron chi connectivity index (χ3n) is 2.25. The van der Waals surface area contributed by atoms with Crippen molar-refractivity contribution in [3.63, 3.8) is 0 Å². The third kappa shape index (κ3) is 1.99. The van der Waals surface area contributed by atoms with Crippen LogP contribution in [0.5, 0.6) is 0 Å². The quantitative estimate of drug-likeness (QED) is 0.670. The first-order valence-electron chi connectivity index (χ1n) is 4.41. The van der Waals surface area contributed by atoms with Gasteiger partial charge in [0.2, 0.25) is 5.60 Å². The van der Waals surface area contributed by atoms with Crippen LogP contribution < -0.4 is 0 Å². The van der Waals surface area contributed by atoms with Gasteiger partial charge in [0, 0.05) is 0 Å². The van der Waals surface area contributed by atoms with Crippen LogP contribution >= 0.6 is 0 Å². The summed E-state index contributed by atoms with van der Waals surface area (Å²) in [5.41, 5.74) is -1.21. The van der Waals surface area contributed by atoms with Crippen LogP contribution in [0.15, 0.2) is 0 Å². The molecule has 0 aliphatic carbocycles. The second kappa shape index (κ2) is 3.36. The van der Waals surface area contributed by atoms with E-state index in [4.69, 9.17) is 9.84 Å². The molecular formula is C9H14O4. The Morgan fingerprint density at radius 2 is 2.23 bits per heavy atom. The predicted octanol–water partition coefficient (Wildman–Crippen LogP) is 1.19. The summed E-state index contributed by atoms with van der Waals surface area (Å²) in [5, 5.41) is 8.84. The van der Waals surface area contributed by atoms with Crippen molar-refractivity contribution in [2.75, 3.05) is 0 Å². The van der Waals surface area contributed by atoms with E-state index in [1.807, 2.05) is 13.8 Å². The van der Waals surface area contributed by atoms with E-state index in [1.165, 1.54) is 0 Å². The molecule has 13 heavy (non-hydrogen) atoms. The van der Waals surface area contributed by atoms with E-state index >= 15 is 0 Å². The molecule has 1 atom stereocenters. The molecule has 0 saturated carbocycles. The largest absolute Gasteiger partial charge is 0.478 e. The lowest BCUT2D eigenvalue weighted by atomic mass is 9.86. The summed E-state index contributed by atoms with van der Waals surface area (Å²) < 4.78 is 4.70. The Labute approximate surface area is 76.9 Å². The fourth-order valence-electron chi connectivity index (χ4n) is 1.33. The average Bonchev–Trinajstić information content (AvgIpc) is 1.94. The summed E-state index contributed by atoms with van der Waals surface area (Å²) in [6.07, 6.45) is 1.21. The summed E-state index contributed by atoms with van der Waals surface area (Å²) in [6.45, 7) is 4.02. The van der Waals surface area contributed by atoms with Crippen molar-refractivity contribution in [2.45, 2.75) is 38.7 Å². The summed E-state index contributed by atoms with van der Waals surface area (Å²) in [6, 6.07) is 0. The van der Waals surface area contributed by atoms with Crippen molar-refractivity contribution in [1.29, 1.82) is 0 Å². The number of cyclic esters (lactones) is 1. The van der Waals surface area contributed by atoms with Crippen LogP contribution in [-0.2, 0) is 14.3 Å². The third-order valence-corrected chi connectivity index (χ3v) is 2.25. The Balaban J connectivity index is 2.50. The van der Waals surface area contributed by atoms with Gasteiger partial charge in [0.05, 0.1) is 6.42 Å². The molecule has 1 aliphatic heterocycles. The van der Waals surface area contributed by atoms with Gasteiger partial charge in [0.1, 0.15) is 0 Å². The number of carbonyl (C=O) groups excluding carboxylic acids is 1. The minimum Gasteiger partial charge on any atom is -0.478 e. The monoisotopic (exact) mass is 186 g/mol. The van der Waals surface area contributed by atoms with E-state index in [1.54, 1.807) is 0 Å². The van der Waals surface area contributed by atoms with Crippen LogP contribution in [0, 0.1) is 5.92 Å². The van der Waals surface area contributed by atoms with E-state index in [-0.39, 0.29) is 6.42 Å². The maximum Gasteiger partial charge on any atom is 0.348 e. The van der Waals surface area contributed by atoms with Crippen molar-refractivity contribution >= 4 is 11.9 Å². The SMILES string of the molecule is CC(C)CC[C@@]1(C(=O)O)CC(=O)O1. The lowest BCUT2D eigenvalue weighted by molar-refractivity contribution is -0.206. The predicted molar refractivity (Wildman–Crippen MR) is 45.1 cm³/mol. The molecule has 1 N–H and O–H groups in total. The van der Waals surface area contributed by atoms with Gasteiger partial charge in [-0.2, -0.15) is 0 Å². The summed E-state index contributed by atoms with van der Waals surface area (Å²) in [7, 11) is 0. The minimum absolute atomic E-state index is 0.0229. The molecule has 74 valence electrons. The topological polar surface area (TPSA) is 63.6 Å². The van der Waals surface area contributed by atoms with Gasteiger partial charge in [-0.25, -0.2) is 4.79 Å². The fraction of sp³-hybridized carbons (Fsp3) is 0.778. The van der Waals surface area contributed by atoms with Gasteiger partial charge in [0.15, 0.2) is 0 Å². The second-order valence-corrected chi connectivity index (χ2v) is 3.88. The molecule has 0 aromatic heterocycles. The van der Waals surface area contributed by atoms with E-state index in [9.17, 15) is 9.59 Å². The number of esters is 1. The van der Waals surface area contributed by atoms with Crippen molar-refractivity contribution in [2.24, 2.45) is 5.92 Å². The number of hydrogen-bond donors (Lipinski definition) is 1. The number of aliphatic carboxylic acids is 1. The molecule has 0 radical (unpaired) electrons. The van der Waals surface area contributed by atoms with Gasteiger partial charge in [-0.1, -0.05) is 13.8 Å². The molecule has 0 aromatic rings.